The van der Waals surface area contributed by atoms with Crippen molar-refractivity contribution >= 4 is 12.0 Å². The number of hydrogen-bond acceptors (Lipinski definition) is 4. The molecule has 2 N–H and O–H groups in total. The minimum atomic E-state index is -6.49. The maximum absolute atomic E-state index is 13.5. The number of aliphatic carboxylic acids is 1. The van der Waals surface area contributed by atoms with Gasteiger partial charge in [0.25, 0.3) is 0 Å². The van der Waals surface area contributed by atoms with Gasteiger partial charge in [-0.05, 0) is 37.5 Å². The van der Waals surface area contributed by atoms with Crippen molar-refractivity contribution in [1.82, 2.24) is 10.2 Å². The number of carbonyl (C=O) groups excluding carboxylic acids is 1. The topological polar surface area (TPSA) is 88.1 Å². The second kappa shape index (κ2) is 14.6. The number of carbonyl (C=O) groups is 2. The Morgan fingerprint density at radius 2 is 1.55 bits per heavy atom. The fraction of sp³-hybridized carbons (Fsp3) is 0.652. The first-order chi connectivity index (χ1) is 18.3. The van der Waals surface area contributed by atoms with E-state index in [1.807, 2.05) is 0 Å². The van der Waals surface area contributed by atoms with Gasteiger partial charge in [-0.3, -0.25) is 0 Å². The van der Waals surface area contributed by atoms with E-state index in [1.54, 1.807) is 12.2 Å². The number of halogens is 10. The fourth-order valence-corrected chi connectivity index (χ4v) is 3.24. The van der Waals surface area contributed by atoms with Crippen LogP contribution in [0.15, 0.2) is 24.3 Å². The molecule has 0 saturated carbocycles. The summed E-state index contributed by atoms with van der Waals surface area (Å²) in [6.07, 6.45) is -15.6. The number of hydrogen-bond donors (Lipinski definition) is 2. The minimum absolute atomic E-state index is 0.0462. The molecule has 230 valence electrons. The molecule has 40 heavy (non-hydrogen) atoms. The van der Waals surface area contributed by atoms with Crippen LogP contribution in [-0.4, -0.2) is 85.2 Å². The van der Waals surface area contributed by atoms with Gasteiger partial charge in [0.1, 0.15) is 18.9 Å². The summed E-state index contributed by atoms with van der Waals surface area (Å²) in [4.78, 5) is 24.0. The largest absolute Gasteiger partial charge is 0.492 e. The smallest absolute Gasteiger partial charge is 0.459 e. The highest BCUT2D eigenvalue weighted by Gasteiger charge is 2.72. The zero-order chi connectivity index (χ0) is 30.8. The Bertz CT molecular complexity index is 939. The zero-order valence-electron chi connectivity index (χ0n) is 21.1. The Balaban J connectivity index is 2.74. The van der Waals surface area contributed by atoms with E-state index in [0.29, 0.717) is 10.5 Å². The SMILES string of the molecule is CCOC(Cc1ccc(OCCN(CCCCC(F)(F)C(F)(F)C(F)(F)F)C(=O)NCC(F)(F)F)cc1)C(=O)O. The van der Waals surface area contributed by atoms with Crippen LogP contribution in [0.2, 0.25) is 0 Å². The maximum Gasteiger partial charge on any atom is 0.459 e. The van der Waals surface area contributed by atoms with Crippen molar-refractivity contribution < 1.29 is 68.1 Å². The summed E-state index contributed by atoms with van der Waals surface area (Å²) >= 11 is 0. The van der Waals surface area contributed by atoms with Gasteiger partial charge in [-0.2, -0.15) is 43.9 Å². The number of unbranched alkanes of at least 4 members (excludes halogenated alkanes) is 1. The van der Waals surface area contributed by atoms with Gasteiger partial charge in [0.05, 0.1) is 6.54 Å². The van der Waals surface area contributed by atoms with Crippen LogP contribution in [0.25, 0.3) is 0 Å². The molecular formula is C23H28F10N2O5. The monoisotopic (exact) mass is 602 g/mol. The van der Waals surface area contributed by atoms with Crippen LogP contribution in [0.3, 0.4) is 0 Å². The van der Waals surface area contributed by atoms with E-state index in [9.17, 15) is 53.5 Å². The summed E-state index contributed by atoms with van der Waals surface area (Å²) in [7, 11) is 0. The van der Waals surface area contributed by atoms with Crippen molar-refractivity contribution in [3.63, 3.8) is 0 Å². The number of rotatable bonds is 16. The number of benzene rings is 1. The molecule has 1 unspecified atom stereocenters. The molecule has 0 saturated heterocycles. The lowest BCUT2D eigenvalue weighted by molar-refractivity contribution is -0.355. The number of nitrogens with one attached hydrogen (secondary N) is 1. The van der Waals surface area contributed by atoms with E-state index >= 15 is 0 Å². The summed E-state index contributed by atoms with van der Waals surface area (Å²) < 4.78 is 138. The van der Waals surface area contributed by atoms with Crippen molar-refractivity contribution in [1.29, 1.82) is 0 Å². The second-order valence-electron chi connectivity index (χ2n) is 8.47. The van der Waals surface area contributed by atoms with E-state index in [4.69, 9.17) is 14.6 Å². The molecule has 0 bridgehead atoms. The number of nitrogens with zero attached hydrogens (tertiary/aromatic N) is 1. The summed E-state index contributed by atoms with van der Waals surface area (Å²) in [6, 6.07) is 4.64. The number of urea groups is 1. The molecular weight excluding hydrogens is 574 g/mol. The highest BCUT2D eigenvalue weighted by atomic mass is 19.4. The van der Waals surface area contributed by atoms with Gasteiger partial charge in [0, 0.05) is 26.0 Å². The van der Waals surface area contributed by atoms with Gasteiger partial charge in [-0.25, -0.2) is 9.59 Å². The van der Waals surface area contributed by atoms with Gasteiger partial charge in [0.2, 0.25) is 0 Å². The van der Waals surface area contributed by atoms with Crippen molar-refractivity contribution in [3.8, 4) is 5.75 Å². The first-order valence-electron chi connectivity index (χ1n) is 11.8. The Labute approximate surface area is 222 Å². The van der Waals surface area contributed by atoms with Crippen LogP contribution in [0.4, 0.5) is 48.7 Å². The molecule has 0 aliphatic carbocycles. The molecule has 1 aromatic carbocycles. The number of carboxylic acids is 1. The standard InChI is InChI=1S/C23H28F10N2O5/c1-2-39-17(18(36)37)13-15-5-7-16(8-6-15)40-12-11-35(19(38)34-14-21(26,27)28)10-4-3-9-20(24,25)22(29,30)23(31,32)33/h5-8,17H,2-4,9-14H2,1H3,(H,34,38)(H,36,37). The van der Waals surface area contributed by atoms with E-state index in [-0.39, 0.29) is 25.4 Å². The normalized spacial score (nSPS) is 13.6. The van der Waals surface area contributed by atoms with Gasteiger partial charge >= 0.3 is 36.2 Å². The van der Waals surface area contributed by atoms with Crippen LogP contribution < -0.4 is 10.1 Å². The Hall–Kier alpha value is -2.98. The van der Waals surface area contributed by atoms with Gasteiger partial charge in [-0.15, -0.1) is 0 Å². The third-order valence-electron chi connectivity index (χ3n) is 5.33. The van der Waals surface area contributed by atoms with Crippen LogP contribution in [0.1, 0.15) is 31.7 Å². The summed E-state index contributed by atoms with van der Waals surface area (Å²) in [5.74, 6) is -12.7. The van der Waals surface area contributed by atoms with Gasteiger partial charge < -0.3 is 24.8 Å². The quantitative estimate of drug-likeness (QED) is 0.188. The molecule has 0 spiro atoms. The molecule has 0 aliphatic rings. The van der Waals surface area contributed by atoms with E-state index in [2.05, 4.69) is 0 Å². The second-order valence-corrected chi connectivity index (χ2v) is 8.47. The molecule has 2 amide bonds. The number of carboxylic acid groups (broad SMARTS) is 1. The third-order valence-corrected chi connectivity index (χ3v) is 5.33. The van der Waals surface area contributed by atoms with E-state index in [1.165, 1.54) is 24.3 Å². The molecule has 0 aromatic heterocycles. The molecule has 17 heteroatoms. The van der Waals surface area contributed by atoms with Crippen molar-refractivity contribution in [2.45, 2.75) is 62.9 Å². The fourth-order valence-electron chi connectivity index (χ4n) is 3.24. The van der Waals surface area contributed by atoms with Gasteiger partial charge in [-0.1, -0.05) is 12.1 Å². The Morgan fingerprint density at radius 3 is 2.05 bits per heavy atom. The lowest BCUT2D eigenvalue weighted by Gasteiger charge is -2.28. The van der Waals surface area contributed by atoms with Gasteiger partial charge in [0.15, 0.2) is 6.10 Å². The average Bonchev–Trinajstić information content (AvgIpc) is 2.83. The van der Waals surface area contributed by atoms with Crippen LogP contribution in [-0.2, 0) is 16.0 Å². The Kier molecular flexibility index (Phi) is 12.8. The molecule has 0 heterocycles. The number of amides is 2. The number of ether oxygens (including phenoxy) is 2. The number of alkyl halides is 10. The summed E-state index contributed by atoms with van der Waals surface area (Å²) in [5.41, 5.74) is 0.578. The zero-order valence-corrected chi connectivity index (χ0v) is 21.1. The van der Waals surface area contributed by atoms with Crippen molar-refractivity contribution in [3.05, 3.63) is 29.8 Å². The van der Waals surface area contributed by atoms with Crippen LogP contribution >= 0.6 is 0 Å². The van der Waals surface area contributed by atoms with Crippen LogP contribution in [0, 0.1) is 0 Å². The first kappa shape index (κ1) is 35.0. The molecule has 1 rings (SSSR count). The highest BCUT2D eigenvalue weighted by molar-refractivity contribution is 5.74. The first-order valence-corrected chi connectivity index (χ1v) is 11.8. The molecule has 1 atom stereocenters. The highest BCUT2D eigenvalue weighted by Crippen LogP contribution is 2.48. The van der Waals surface area contributed by atoms with Crippen molar-refractivity contribution in [2.75, 3.05) is 32.8 Å². The molecule has 0 fully saturated rings. The van der Waals surface area contributed by atoms with Crippen LogP contribution in [0.5, 0.6) is 5.75 Å². The molecule has 7 nitrogen and oxygen atoms in total. The Morgan fingerprint density at radius 1 is 0.950 bits per heavy atom. The minimum Gasteiger partial charge on any atom is -0.492 e. The van der Waals surface area contributed by atoms with Crippen molar-refractivity contribution in [2.24, 2.45) is 0 Å². The van der Waals surface area contributed by atoms with E-state index in [0.717, 1.165) is 0 Å². The summed E-state index contributed by atoms with van der Waals surface area (Å²) in [6.45, 7) is -1.20. The predicted molar refractivity (Wildman–Crippen MR) is 120 cm³/mol. The maximum atomic E-state index is 13.5. The molecule has 0 radical (unpaired) electrons. The molecule has 1 aromatic rings. The lowest BCUT2D eigenvalue weighted by Crippen LogP contribution is -2.51. The summed E-state index contributed by atoms with van der Waals surface area (Å²) in [5, 5.41) is 10.7. The third kappa shape index (κ3) is 11.3. The molecule has 0 aliphatic heterocycles. The average molecular weight is 602 g/mol. The predicted octanol–water partition coefficient (Wildman–Crippen LogP) is 5.67. The van der Waals surface area contributed by atoms with E-state index < -0.39 is 81.2 Å². The lowest BCUT2D eigenvalue weighted by atomic mass is 10.0.